The molecule has 3 rings (SSSR count). The second kappa shape index (κ2) is 6.94. The van der Waals surface area contributed by atoms with Crippen LogP contribution in [0.2, 0.25) is 5.02 Å². The van der Waals surface area contributed by atoms with Crippen LogP contribution in [0.15, 0.2) is 28.6 Å². The van der Waals surface area contributed by atoms with Gasteiger partial charge in [-0.1, -0.05) is 40.8 Å². The Bertz CT molecular complexity index is 804. The molecule has 118 valence electrons. The fourth-order valence-corrected chi connectivity index (χ4v) is 3.47. The summed E-state index contributed by atoms with van der Waals surface area (Å²) in [5.74, 6) is 1.19. The van der Waals surface area contributed by atoms with Crippen LogP contribution in [-0.2, 0) is 5.75 Å². The van der Waals surface area contributed by atoms with Gasteiger partial charge in [-0.25, -0.2) is 0 Å². The first-order chi connectivity index (χ1) is 11.1. The number of nitrogens with one attached hydrogen (secondary N) is 1. The van der Waals surface area contributed by atoms with Crippen LogP contribution in [0.3, 0.4) is 0 Å². The maximum absolute atomic E-state index is 5.94. The Morgan fingerprint density at radius 3 is 2.65 bits per heavy atom. The van der Waals surface area contributed by atoms with E-state index in [1.807, 2.05) is 18.2 Å². The number of aromatic nitrogens is 5. The lowest BCUT2D eigenvalue weighted by Gasteiger charge is -2.01. The Morgan fingerprint density at radius 2 is 1.91 bits per heavy atom. The van der Waals surface area contributed by atoms with Crippen LogP contribution in [0.4, 0.5) is 22.7 Å². The predicted molar refractivity (Wildman–Crippen MR) is 92.9 cm³/mol. The van der Waals surface area contributed by atoms with Gasteiger partial charge in [-0.3, -0.25) is 0 Å². The highest BCUT2D eigenvalue weighted by molar-refractivity contribution is 8.00. The van der Waals surface area contributed by atoms with Crippen molar-refractivity contribution in [1.29, 1.82) is 0 Å². The molecule has 3 aromatic rings. The topological polar surface area (TPSA) is 129 Å². The number of nitrogens with two attached hydrogens (primary N) is 2. The summed E-state index contributed by atoms with van der Waals surface area (Å²) in [7, 11) is 0. The van der Waals surface area contributed by atoms with Crippen LogP contribution >= 0.6 is 34.7 Å². The van der Waals surface area contributed by atoms with Gasteiger partial charge < -0.3 is 16.8 Å². The second-order valence-electron chi connectivity index (χ2n) is 4.27. The van der Waals surface area contributed by atoms with Gasteiger partial charge in [-0.15, -0.1) is 10.2 Å². The van der Waals surface area contributed by atoms with Crippen molar-refractivity contribution in [3.63, 3.8) is 0 Å². The summed E-state index contributed by atoms with van der Waals surface area (Å²) in [5.41, 5.74) is 11.9. The monoisotopic (exact) mass is 366 g/mol. The van der Waals surface area contributed by atoms with Gasteiger partial charge in [0, 0.05) is 10.7 Å². The zero-order valence-electron chi connectivity index (χ0n) is 11.6. The average Bonchev–Trinajstić information content (AvgIpc) is 2.92. The van der Waals surface area contributed by atoms with E-state index in [2.05, 4.69) is 30.5 Å². The number of halogens is 1. The average molecular weight is 367 g/mol. The van der Waals surface area contributed by atoms with Crippen molar-refractivity contribution in [2.75, 3.05) is 16.8 Å². The molecule has 0 aliphatic rings. The molecule has 0 unspecified atom stereocenters. The van der Waals surface area contributed by atoms with Gasteiger partial charge in [-0.05, 0) is 18.2 Å². The van der Waals surface area contributed by atoms with E-state index in [4.69, 9.17) is 23.1 Å². The Labute approximate surface area is 144 Å². The first-order valence-corrected chi connectivity index (χ1v) is 8.51. The third-order valence-corrected chi connectivity index (χ3v) is 4.73. The van der Waals surface area contributed by atoms with Crippen molar-refractivity contribution in [3.05, 3.63) is 35.1 Å². The molecule has 0 aliphatic heterocycles. The fourth-order valence-electron chi connectivity index (χ4n) is 1.66. The molecule has 0 spiro atoms. The molecule has 0 bridgehead atoms. The van der Waals surface area contributed by atoms with Gasteiger partial charge >= 0.3 is 0 Å². The number of nitrogen functional groups attached to an aromatic ring is 2. The van der Waals surface area contributed by atoms with E-state index in [0.717, 1.165) is 10.0 Å². The molecule has 1 aromatic carbocycles. The first-order valence-electron chi connectivity index (χ1n) is 6.33. The third kappa shape index (κ3) is 4.41. The molecule has 2 aromatic heterocycles. The molecular weight excluding hydrogens is 356 g/mol. The summed E-state index contributed by atoms with van der Waals surface area (Å²) in [6.07, 6.45) is 0. The molecule has 0 saturated carbocycles. The highest BCUT2D eigenvalue weighted by atomic mass is 35.5. The van der Waals surface area contributed by atoms with Crippen molar-refractivity contribution < 1.29 is 0 Å². The number of benzene rings is 1. The summed E-state index contributed by atoms with van der Waals surface area (Å²) in [6, 6.07) is 7.37. The smallest absolute Gasteiger partial charge is 0.225 e. The number of nitrogens with zero attached hydrogens (tertiary/aromatic N) is 5. The standard InChI is InChI=1S/C12H11ClN8S2/c13-6-2-1-3-7(4-6)16-11-20-21-12(23-11)22-5-8-17-9(14)19-10(15)18-8/h1-4H,5H2,(H,16,20)(H4,14,15,17,18,19). The maximum atomic E-state index is 5.94. The van der Waals surface area contributed by atoms with Crippen molar-refractivity contribution in [1.82, 2.24) is 25.1 Å². The lowest BCUT2D eigenvalue weighted by atomic mass is 10.3. The Hall–Kier alpha value is -2.17. The highest BCUT2D eigenvalue weighted by Gasteiger charge is 2.08. The second-order valence-corrected chi connectivity index (χ2v) is 6.90. The lowest BCUT2D eigenvalue weighted by Crippen LogP contribution is -2.05. The van der Waals surface area contributed by atoms with E-state index in [-0.39, 0.29) is 11.9 Å². The minimum Gasteiger partial charge on any atom is -0.368 e. The van der Waals surface area contributed by atoms with Crippen LogP contribution in [0, 0.1) is 0 Å². The molecule has 8 nitrogen and oxygen atoms in total. The molecule has 2 heterocycles. The summed E-state index contributed by atoms with van der Waals surface area (Å²) >= 11 is 8.80. The molecule has 0 amide bonds. The SMILES string of the molecule is Nc1nc(N)nc(CSc2nnc(Nc3cccc(Cl)c3)s2)n1. The number of hydrogen-bond donors (Lipinski definition) is 3. The van der Waals surface area contributed by atoms with Gasteiger partial charge in [0.05, 0.1) is 5.75 Å². The summed E-state index contributed by atoms with van der Waals surface area (Å²) in [5, 5.41) is 12.6. The van der Waals surface area contributed by atoms with E-state index >= 15 is 0 Å². The molecule has 23 heavy (non-hydrogen) atoms. The number of rotatable bonds is 5. The van der Waals surface area contributed by atoms with Crippen LogP contribution in [0.25, 0.3) is 0 Å². The largest absolute Gasteiger partial charge is 0.368 e. The summed E-state index contributed by atoms with van der Waals surface area (Å²) in [6.45, 7) is 0. The molecular formula is C12H11ClN8S2. The Balaban J connectivity index is 1.63. The Kier molecular flexibility index (Phi) is 4.74. The minimum absolute atomic E-state index is 0.105. The quantitative estimate of drug-likeness (QED) is 0.583. The molecule has 0 fully saturated rings. The van der Waals surface area contributed by atoms with Gasteiger partial charge in [0.2, 0.25) is 17.0 Å². The Morgan fingerprint density at radius 1 is 1.13 bits per heavy atom. The molecule has 0 aliphatic carbocycles. The fraction of sp³-hybridized carbons (Fsp3) is 0.0833. The van der Waals surface area contributed by atoms with E-state index in [0.29, 0.717) is 21.7 Å². The van der Waals surface area contributed by atoms with E-state index in [1.54, 1.807) is 6.07 Å². The van der Waals surface area contributed by atoms with E-state index in [9.17, 15) is 0 Å². The molecule has 0 radical (unpaired) electrons. The number of anilines is 4. The summed E-state index contributed by atoms with van der Waals surface area (Å²) in [4.78, 5) is 11.8. The van der Waals surface area contributed by atoms with Gasteiger partial charge in [0.1, 0.15) is 5.82 Å². The molecule has 11 heteroatoms. The molecule has 5 N–H and O–H groups in total. The minimum atomic E-state index is 0.105. The first kappa shape index (κ1) is 15.7. The van der Waals surface area contributed by atoms with Gasteiger partial charge in [-0.2, -0.15) is 15.0 Å². The van der Waals surface area contributed by atoms with Gasteiger partial charge in [0.15, 0.2) is 4.34 Å². The summed E-state index contributed by atoms with van der Waals surface area (Å²) < 4.78 is 0.770. The molecule has 0 saturated heterocycles. The van der Waals surface area contributed by atoms with Crippen LogP contribution < -0.4 is 16.8 Å². The third-order valence-electron chi connectivity index (χ3n) is 2.52. The van der Waals surface area contributed by atoms with E-state index < -0.39 is 0 Å². The van der Waals surface area contributed by atoms with Crippen LogP contribution in [0.1, 0.15) is 5.82 Å². The van der Waals surface area contributed by atoms with Crippen molar-refractivity contribution in [2.24, 2.45) is 0 Å². The van der Waals surface area contributed by atoms with Crippen LogP contribution in [-0.4, -0.2) is 25.1 Å². The number of hydrogen-bond acceptors (Lipinski definition) is 10. The normalized spacial score (nSPS) is 10.7. The van der Waals surface area contributed by atoms with Crippen molar-refractivity contribution in [3.8, 4) is 0 Å². The maximum Gasteiger partial charge on any atom is 0.225 e. The van der Waals surface area contributed by atoms with E-state index in [1.165, 1.54) is 23.1 Å². The molecule has 0 atom stereocenters. The zero-order valence-corrected chi connectivity index (χ0v) is 14.0. The lowest BCUT2D eigenvalue weighted by molar-refractivity contribution is 0.980. The zero-order chi connectivity index (χ0) is 16.2. The highest BCUT2D eigenvalue weighted by Crippen LogP contribution is 2.29. The predicted octanol–water partition coefficient (Wildman–Crippen LogP) is 2.58. The van der Waals surface area contributed by atoms with Gasteiger partial charge in [0.25, 0.3) is 0 Å². The van der Waals surface area contributed by atoms with Crippen molar-refractivity contribution in [2.45, 2.75) is 10.1 Å². The van der Waals surface area contributed by atoms with Crippen molar-refractivity contribution >= 4 is 57.4 Å². The number of thioether (sulfide) groups is 1. The van der Waals surface area contributed by atoms with Crippen LogP contribution in [0.5, 0.6) is 0 Å².